The van der Waals surface area contributed by atoms with Crippen LogP contribution in [0.15, 0.2) is 66.7 Å². The molecule has 0 saturated carbocycles. The van der Waals surface area contributed by atoms with Gasteiger partial charge in [-0.15, -0.1) is 0 Å². The molecular weight excluding hydrogens is 310 g/mol. The van der Waals surface area contributed by atoms with Crippen molar-refractivity contribution in [3.8, 4) is 6.07 Å². The highest BCUT2D eigenvalue weighted by atomic mass is 16.5. The Morgan fingerprint density at radius 2 is 1.76 bits per heavy atom. The predicted octanol–water partition coefficient (Wildman–Crippen LogP) is 4.80. The molecule has 2 aromatic rings. The number of carbonyl (C=O) groups is 1. The summed E-state index contributed by atoms with van der Waals surface area (Å²) in [6, 6.07) is 21.9. The highest BCUT2D eigenvalue weighted by molar-refractivity contribution is 5.83. The first kappa shape index (κ1) is 18.5. The van der Waals surface area contributed by atoms with Gasteiger partial charge in [0.2, 0.25) is 0 Å². The van der Waals surface area contributed by atoms with Gasteiger partial charge in [0.05, 0.1) is 12.7 Å². The molecule has 0 amide bonds. The Morgan fingerprint density at radius 3 is 2.36 bits per heavy atom. The summed E-state index contributed by atoms with van der Waals surface area (Å²) < 4.78 is 5.18. The number of aryl methyl sites for hydroxylation is 1. The topological polar surface area (TPSA) is 50.1 Å². The number of carbonyl (C=O) groups excluding carboxylic acids is 1. The van der Waals surface area contributed by atoms with Gasteiger partial charge in [-0.3, -0.25) is 0 Å². The van der Waals surface area contributed by atoms with Crippen molar-refractivity contribution in [2.45, 2.75) is 26.2 Å². The molecule has 3 nitrogen and oxygen atoms in total. The average Bonchev–Trinajstić information content (AvgIpc) is 2.66. The molecule has 0 unspecified atom stereocenters. The van der Waals surface area contributed by atoms with Crippen LogP contribution in [0.3, 0.4) is 0 Å². The lowest BCUT2D eigenvalue weighted by Gasteiger charge is -2.21. The lowest BCUT2D eigenvalue weighted by atomic mass is 9.82. The minimum atomic E-state index is -1.25. The monoisotopic (exact) mass is 333 g/mol. The van der Waals surface area contributed by atoms with E-state index in [0.717, 1.165) is 18.4 Å². The van der Waals surface area contributed by atoms with E-state index in [4.69, 9.17) is 4.74 Å². The molecule has 2 rings (SSSR count). The van der Waals surface area contributed by atoms with Gasteiger partial charge in [0.1, 0.15) is 0 Å². The molecule has 0 fully saturated rings. The number of ether oxygens (including phenoxy) is 1. The van der Waals surface area contributed by atoms with Gasteiger partial charge in [0.15, 0.2) is 5.41 Å². The Hall–Kier alpha value is -2.86. The molecule has 2 aromatic carbocycles. The molecule has 1 atom stereocenters. The molecule has 0 aliphatic rings. The fraction of sp³-hybridized carbons (Fsp3) is 0.273. The third-order valence-electron chi connectivity index (χ3n) is 4.08. The first-order valence-electron chi connectivity index (χ1n) is 8.57. The number of benzene rings is 2. The molecule has 0 radical (unpaired) electrons. The second-order valence-corrected chi connectivity index (χ2v) is 5.89. The number of hydrogen-bond acceptors (Lipinski definition) is 3. The van der Waals surface area contributed by atoms with Crippen LogP contribution in [0.25, 0.3) is 6.08 Å². The first-order valence-corrected chi connectivity index (χ1v) is 8.57. The third kappa shape index (κ3) is 5.32. The molecule has 0 aliphatic heterocycles. The highest BCUT2D eigenvalue weighted by Crippen LogP contribution is 2.29. The number of nitriles is 1. The van der Waals surface area contributed by atoms with Crippen LogP contribution in [0, 0.1) is 16.7 Å². The maximum atomic E-state index is 12.5. The molecule has 0 bridgehead atoms. The van der Waals surface area contributed by atoms with Crippen LogP contribution >= 0.6 is 0 Å². The van der Waals surface area contributed by atoms with E-state index < -0.39 is 11.4 Å². The molecular formula is C22H23NO2. The van der Waals surface area contributed by atoms with Gasteiger partial charge >= 0.3 is 5.97 Å². The van der Waals surface area contributed by atoms with Crippen LogP contribution in [0.5, 0.6) is 0 Å². The van der Waals surface area contributed by atoms with Crippen LogP contribution in [-0.4, -0.2) is 12.6 Å². The number of hydrogen-bond donors (Lipinski definition) is 0. The predicted molar refractivity (Wildman–Crippen MR) is 99.5 cm³/mol. The normalized spacial score (nSPS) is 13.1. The molecule has 128 valence electrons. The first-order chi connectivity index (χ1) is 12.2. The fourth-order valence-electron chi connectivity index (χ4n) is 2.67. The Morgan fingerprint density at radius 1 is 1.12 bits per heavy atom. The summed E-state index contributed by atoms with van der Waals surface area (Å²) in [5.41, 5.74) is 0.903. The molecule has 0 heterocycles. The third-order valence-corrected chi connectivity index (χ3v) is 4.08. The van der Waals surface area contributed by atoms with Gasteiger partial charge in [-0.1, -0.05) is 72.8 Å². The standard InChI is InChI=1S/C22H23NO2/c1-2-25-21(24)22(18-23,17-15-20-12-7-4-8-13-20)16-9-14-19-10-5-3-6-11-19/h3-8,10-13,15,17H,2,9,14,16H2,1H3/b17-15+/t22-/m0/s1. The van der Waals surface area contributed by atoms with Crippen molar-refractivity contribution >= 4 is 12.0 Å². The molecule has 25 heavy (non-hydrogen) atoms. The molecule has 0 aliphatic carbocycles. The van der Waals surface area contributed by atoms with E-state index in [0.29, 0.717) is 6.42 Å². The van der Waals surface area contributed by atoms with E-state index >= 15 is 0 Å². The molecule has 3 heteroatoms. The van der Waals surface area contributed by atoms with Crippen molar-refractivity contribution in [2.75, 3.05) is 6.61 Å². The molecule has 0 saturated heterocycles. The van der Waals surface area contributed by atoms with E-state index in [9.17, 15) is 10.1 Å². The van der Waals surface area contributed by atoms with Gasteiger partial charge in [-0.2, -0.15) is 5.26 Å². The summed E-state index contributed by atoms with van der Waals surface area (Å²) >= 11 is 0. The van der Waals surface area contributed by atoms with E-state index in [2.05, 4.69) is 18.2 Å². The summed E-state index contributed by atoms with van der Waals surface area (Å²) in [5.74, 6) is -0.474. The zero-order valence-corrected chi connectivity index (χ0v) is 14.5. The number of rotatable bonds is 8. The summed E-state index contributed by atoms with van der Waals surface area (Å²) in [6.07, 6.45) is 5.49. The number of esters is 1. The van der Waals surface area contributed by atoms with Gasteiger partial charge < -0.3 is 4.74 Å². The van der Waals surface area contributed by atoms with Crippen molar-refractivity contribution in [1.29, 1.82) is 5.26 Å². The zero-order chi connectivity index (χ0) is 18.0. The summed E-state index contributed by atoms with van der Waals surface area (Å²) in [6.45, 7) is 2.02. The van der Waals surface area contributed by atoms with Crippen molar-refractivity contribution in [3.05, 3.63) is 77.9 Å². The minimum Gasteiger partial charge on any atom is -0.465 e. The zero-order valence-electron chi connectivity index (χ0n) is 14.5. The molecule has 0 spiro atoms. The minimum absolute atomic E-state index is 0.264. The largest absolute Gasteiger partial charge is 0.465 e. The Labute approximate surface area is 149 Å². The lowest BCUT2D eigenvalue weighted by Crippen LogP contribution is -2.30. The van der Waals surface area contributed by atoms with Crippen LogP contribution in [0.2, 0.25) is 0 Å². The van der Waals surface area contributed by atoms with E-state index in [1.54, 1.807) is 13.0 Å². The number of nitrogens with zero attached hydrogens (tertiary/aromatic N) is 1. The van der Waals surface area contributed by atoms with Crippen LogP contribution in [-0.2, 0) is 16.0 Å². The lowest BCUT2D eigenvalue weighted by molar-refractivity contribution is -0.149. The van der Waals surface area contributed by atoms with Gasteiger partial charge in [-0.05, 0) is 37.3 Å². The van der Waals surface area contributed by atoms with E-state index in [1.807, 2.05) is 54.6 Å². The van der Waals surface area contributed by atoms with Crippen molar-refractivity contribution in [3.63, 3.8) is 0 Å². The average molecular weight is 333 g/mol. The Balaban J connectivity index is 2.14. The van der Waals surface area contributed by atoms with E-state index in [1.165, 1.54) is 5.56 Å². The summed E-state index contributed by atoms with van der Waals surface area (Å²) in [4.78, 5) is 12.5. The highest BCUT2D eigenvalue weighted by Gasteiger charge is 2.37. The molecule has 0 N–H and O–H groups in total. The summed E-state index contributed by atoms with van der Waals surface area (Å²) in [5, 5.41) is 9.75. The van der Waals surface area contributed by atoms with Gasteiger partial charge in [0.25, 0.3) is 0 Å². The summed E-state index contributed by atoms with van der Waals surface area (Å²) in [7, 11) is 0. The van der Waals surface area contributed by atoms with E-state index in [-0.39, 0.29) is 6.61 Å². The second-order valence-electron chi connectivity index (χ2n) is 5.89. The smallest absolute Gasteiger partial charge is 0.330 e. The maximum absolute atomic E-state index is 12.5. The Kier molecular flexibility index (Phi) is 6.98. The van der Waals surface area contributed by atoms with Crippen LogP contribution in [0.1, 0.15) is 30.9 Å². The quantitative estimate of drug-likeness (QED) is 0.652. The van der Waals surface area contributed by atoms with Crippen LogP contribution < -0.4 is 0 Å². The van der Waals surface area contributed by atoms with Crippen molar-refractivity contribution in [1.82, 2.24) is 0 Å². The van der Waals surface area contributed by atoms with Crippen LogP contribution in [0.4, 0.5) is 0 Å². The fourth-order valence-corrected chi connectivity index (χ4v) is 2.67. The van der Waals surface area contributed by atoms with Gasteiger partial charge in [0, 0.05) is 0 Å². The Bertz CT molecular complexity index is 732. The molecule has 0 aromatic heterocycles. The van der Waals surface area contributed by atoms with Gasteiger partial charge in [-0.25, -0.2) is 4.79 Å². The SMILES string of the molecule is CCOC(=O)[C@](C#N)(/C=C/c1ccccc1)CCCc1ccccc1. The van der Waals surface area contributed by atoms with Crippen molar-refractivity contribution < 1.29 is 9.53 Å². The maximum Gasteiger partial charge on any atom is 0.330 e. The van der Waals surface area contributed by atoms with Crippen molar-refractivity contribution in [2.24, 2.45) is 5.41 Å². The second kappa shape index (κ2) is 9.44.